The van der Waals surface area contributed by atoms with Crippen LogP contribution in [-0.4, -0.2) is 45.5 Å². The number of carbonyl (C=O) groups excluding carboxylic acids is 4. The van der Waals surface area contributed by atoms with E-state index in [0.717, 1.165) is 5.57 Å². The average molecular weight is 554 g/mol. The molecular weight excluding hydrogens is 526 g/mol. The maximum Gasteiger partial charge on any atom is 0.234 e. The van der Waals surface area contributed by atoms with Crippen LogP contribution in [0.4, 0.5) is 0 Å². The molecule has 0 aromatic heterocycles. The number of ether oxygens (including phenoxy) is 1. The van der Waals surface area contributed by atoms with Crippen molar-refractivity contribution in [2.75, 3.05) is 6.61 Å². The number of amides is 2. The Kier molecular flexibility index (Phi) is 5.86. The Morgan fingerprint density at radius 2 is 1.83 bits per heavy atom. The molecule has 8 heteroatoms. The number of phenols is 1. The van der Waals surface area contributed by atoms with Gasteiger partial charge in [-0.1, -0.05) is 23.8 Å². The lowest BCUT2D eigenvalue weighted by Gasteiger charge is -2.42. The van der Waals surface area contributed by atoms with Crippen LogP contribution < -0.4 is 4.74 Å². The summed E-state index contributed by atoms with van der Waals surface area (Å²) in [6.45, 7) is 7.66. The van der Waals surface area contributed by atoms with Gasteiger partial charge in [0.1, 0.15) is 0 Å². The highest BCUT2D eigenvalue weighted by molar-refractivity contribution is 9.12. The Morgan fingerprint density at radius 3 is 2.50 bits per heavy atom. The molecule has 7 nitrogen and oxygen atoms in total. The van der Waals surface area contributed by atoms with Gasteiger partial charge in [-0.3, -0.25) is 24.1 Å². The lowest BCUT2D eigenvalue weighted by molar-refractivity contribution is -0.145. The second-order valence-electron chi connectivity index (χ2n) is 10.7. The van der Waals surface area contributed by atoms with Crippen molar-refractivity contribution in [2.24, 2.45) is 17.8 Å². The number of hydrogen-bond acceptors (Lipinski definition) is 6. The SMILES string of the molecule is CCOc1cccc([C@H]2C3=CC[C@@H]4C(=O)N(C(C)(C)C)C(=O)[C@@H]4[C@@H]3CC3=C2C(=O)C=C(Br)C3=O)c1O. The number of fused-ring (bicyclic) bond motifs is 3. The van der Waals surface area contributed by atoms with Crippen molar-refractivity contribution in [2.45, 2.75) is 52.0 Å². The summed E-state index contributed by atoms with van der Waals surface area (Å²) in [5.74, 6) is -3.17. The third kappa shape index (κ3) is 3.52. The topological polar surface area (TPSA) is 101 Å². The quantitative estimate of drug-likeness (QED) is 0.339. The molecule has 1 fully saturated rings. The van der Waals surface area contributed by atoms with E-state index in [4.69, 9.17) is 4.74 Å². The summed E-state index contributed by atoms with van der Waals surface area (Å²) in [6, 6.07) is 5.10. The number of allylic oxidation sites excluding steroid dienone is 6. The fourth-order valence-corrected chi connectivity index (χ4v) is 6.71. The van der Waals surface area contributed by atoms with Gasteiger partial charge in [0.25, 0.3) is 0 Å². The first-order valence-corrected chi connectivity index (χ1v) is 13.0. The molecule has 4 aliphatic rings. The zero-order valence-corrected chi connectivity index (χ0v) is 22.2. The van der Waals surface area contributed by atoms with Gasteiger partial charge in [-0.05, 0) is 68.5 Å². The van der Waals surface area contributed by atoms with Gasteiger partial charge >= 0.3 is 0 Å². The highest BCUT2D eigenvalue weighted by Crippen LogP contribution is 2.57. The van der Waals surface area contributed by atoms with Crippen molar-refractivity contribution in [1.82, 2.24) is 4.90 Å². The van der Waals surface area contributed by atoms with Gasteiger partial charge in [0.2, 0.25) is 11.8 Å². The Bertz CT molecular complexity index is 1310. The maximum absolute atomic E-state index is 13.7. The number of halogens is 1. The molecule has 1 N–H and O–H groups in total. The smallest absolute Gasteiger partial charge is 0.234 e. The van der Waals surface area contributed by atoms with E-state index in [1.54, 1.807) is 18.2 Å². The summed E-state index contributed by atoms with van der Waals surface area (Å²) >= 11 is 3.22. The van der Waals surface area contributed by atoms with Gasteiger partial charge in [0.15, 0.2) is 23.1 Å². The number of aromatic hydroxyl groups is 1. The molecule has 1 saturated heterocycles. The Labute approximate surface area is 218 Å². The number of imide groups is 1. The summed E-state index contributed by atoms with van der Waals surface area (Å²) in [4.78, 5) is 54.9. The molecule has 0 radical (unpaired) electrons. The molecule has 0 bridgehead atoms. The van der Waals surface area contributed by atoms with Crippen molar-refractivity contribution in [3.8, 4) is 11.5 Å². The minimum Gasteiger partial charge on any atom is -0.504 e. The second-order valence-corrected chi connectivity index (χ2v) is 11.6. The van der Waals surface area contributed by atoms with Crippen LogP contribution in [0.2, 0.25) is 0 Å². The highest BCUT2D eigenvalue weighted by atomic mass is 79.9. The lowest BCUT2D eigenvalue weighted by atomic mass is 9.59. The fraction of sp³-hybridized carbons (Fsp3) is 0.429. The van der Waals surface area contributed by atoms with Crippen LogP contribution in [0.3, 0.4) is 0 Å². The van der Waals surface area contributed by atoms with Gasteiger partial charge in [-0.25, -0.2) is 0 Å². The van der Waals surface area contributed by atoms with E-state index >= 15 is 0 Å². The number of likely N-dealkylation sites (tertiary alicyclic amines) is 1. The largest absolute Gasteiger partial charge is 0.504 e. The van der Waals surface area contributed by atoms with E-state index in [0.29, 0.717) is 29.7 Å². The van der Waals surface area contributed by atoms with Crippen LogP contribution in [-0.2, 0) is 19.2 Å². The Balaban J connectivity index is 1.70. The van der Waals surface area contributed by atoms with Crippen LogP contribution >= 0.6 is 15.9 Å². The van der Waals surface area contributed by atoms with Crippen molar-refractivity contribution in [3.05, 3.63) is 57.1 Å². The summed E-state index contributed by atoms with van der Waals surface area (Å²) in [7, 11) is 0. The van der Waals surface area contributed by atoms with Gasteiger partial charge in [0, 0.05) is 34.2 Å². The molecule has 188 valence electrons. The number of rotatable bonds is 3. The van der Waals surface area contributed by atoms with E-state index in [9.17, 15) is 24.3 Å². The number of nitrogens with zero attached hydrogens (tertiary/aromatic N) is 1. The number of benzene rings is 1. The molecule has 1 heterocycles. The minimum atomic E-state index is -0.722. The monoisotopic (exact) mass is 553 g/mol. The summed E-state index contributed by atoms with van der Waals surface area (Å²) < 4.78 is 5.76. The first-order chi connectivity index (χ1) is 17.0. The van der Waals surface area contributed by atoms with Crippen LogP contribution in [0.1, 0.15) is 52.0 Å². The molecule has 0 saturated carbocycles. The highest BCUT2D eigenvalue weighted by Gasteiger charge is 2.58. The van der Waals surface area contributed by atoms with Gasteiger partial charge in [0.05, 0.1) is 22.9 Å². The van der Waals surface area contributed by atoms with Crippen LogP contribution in [0.25, 0.3) is 0 Å². The summed E-state index contributed by atoms with van der Waals surface area (Å²) in [6.07, 6.45) is 3.76. The number of hydrogen-bond donors (Lipinski definition) is 1. The van der Waals surface area contributed by atoms with E-state index in [-0.39, 0.29) is 45.8 Å². The van der Waals surface area contributed by atoms with E-state index in [2.05, 4.69) is 15.9 Å². The number of Topliss-reactive ketones (excluding diaryl/α,β-unsaturated/α-hetero) is 1. The molecule has 5 rings (SSSR count). The molecule has 36 heavy (non-hydrogen) atoms. The summed E-state index contributed by atoms with van der Waals surface area (Å²) in [5.41, 5.74) is 1.22. The Hall–Kier alpha value is -3.00. The molecule has 3 aliphatic carbocycles. The molecule has 0 unspecified atom stereocenters. The van der Waals surface area contributed by atoms with Crippen LogP contribution in [0.5, 0.6) is 11.5 Å². The molecule has 1 aliphatic heterocycles. The van der Waals surface area contributed by atoms with Crippen molar-refractivity contribution < 1.29 is 29.0 Å². The third-order valence-electron chi connectivity index (χ3n) is 7.64. The third-order valence-corrected chi connectivity index (χ3v) is 8.23. The predicted molar refractivity (Wildman–Crippen MR) is 135 cm³/mol. The zero-order valence-electron chi connectivity index (χ0n) is 20.6. The van der Waals surface area contributed by atoms with Crippen molar-refractivity contribution >= 4 is 39.3 Å². The van der Waals surface area contributed by atoms with Gasteiger partial charge < -0.3 is 9.84 Å². The van der Waals surface area contributed by atoms with Gasteiger partial charge in [-0.15, -0.1) is 0 Å². The lowest BCUT2D eigenvalue weighted by Crippen LogP contribution is -2.46. The zero-order chi connectivity index (χ0) is 26.1. The predicted octanol–water partition coefficient (Wildman–Crippen LogP) is 4.35. The first kappa shape index (κ1) is 24.7. The molecular formula is C28H28BrNO6. The van der Waals surface area contributed by atoms with E-state index in [1.165, 1.54) is 11.0 Å². The normalized spacial score (nSPS) is 28.0. The molecule has 1 aromatic carbocycles. The summed E-state index contributed by atoms with van der Waals surface area (Å²) in [5, 5.41) is 11.2. The molecule has 4 atom stereocenters. The van der Waals surface area contributed by atoms with E-state index in [1.807, 2.05) is 33.8 Å². The Morgan fingerprint density at radius 1 is 1.11 bits per heavy atom. The van der Waals surface area contributed by atoms with Crippen LogP contribution in [0, 0.1) is 17.8 Å². The standard InChI is InChI=1S/C28H28BrNO6/c1-5-36-20-8-6-7-14(25(20)33)21-13-9-10-15-22(27(35)30(26(15)34)28(2,3)4)16(13)11-17-23(21)19(31)12-18(29)24(17)32/h6-9,12,15-16,21-22,33H,5,10-11H2,1-4H3/t15-,16+,21+,22-/m0/s1. The fourth-order valence-electron chi connectivity index (χ4n) is 6.27. The maximum atomic E-state index is 13.7. The van der Waals surface area contributed by atoms with Gasteiger partial charge in [-0.2, -0.15) is 0 Å². The number of carbonyl (C=O) groups is 4. The average Bonchev–Trinajstić information content (AvgIpc) is 3.08. The second kappa shape index (κ2) is 8.54. The van der Waals surface area contributed by atoms with Crippen molar-refractivity contribution in [3.63, 3.8) is 0 Å². The first-order valence-electron chi connectivity index (χ1n) is 12.2. The molecule has 2 amide bonds. The molecule has 0 spiro atoms. The van der Waals surface area contributed by atoms with Crippen molar-refractivity contribution in [1.29, 1.82) is 0 Å². The minimum absolute atomic E-state index is 0.0983. The van der Waals surface area contributed by atoms with E-state index < -0.39 is 29.2 Å². The number of phenolic OH excluding ortho intramolecular Hbond substituents is 1. The number of para-hydroxylation sites is 1. The van der Waals surface area contributed by atoms with Crippen LogP contribution in [0.15, 0.2) is 51.6 Å². The number of ketones is 2. The molecule has 1 aromatic rings.